The molecule has 0 spiro atoms. The standard InChI is InChI=1S/C13H13N3O3/c1-19-10-5-3-9(4-6-10)11(12(17)18)16-13-14-7-2-8-15-13/h2-8,11H,1H3,(H,17,18)(H,14,15,16). The van der Waals surface area contributed by atoms with Crippen LogP contribution in [0.25, 0.3) is 0 Å². The van der Waals surface area contributed by atoms with Crippen LogP contribution in [0.3, 0.4) is 0 Å². The first-order chi connectivity index (χ1) is 9.20. The average molecular weight is 259 g/mol. The Balaban J connectivity index is 2.22. The lowest BCUT2D eigenvalue weighted by atomic mass is 10.1. The number of methoxy groups -OCH3 is 1. The van der Waals surface area contributed by atoms with Gasteiger partial charge in [-0.25, -0.2) is 14.8 Å². The van der Waals surface area contributed by atoms with Crippen molar-refractivity contribution >= 4 is 11.9 Å². The third-order valence-corrected chi connectivity index (χ3v) is 2.54. The van der Waals surface area contributed by atoms with E-state index in [-0.39, 0.29) is 5.95 Å². The van der Waals surface area contributed by atoms with Crippen molar-refractivity contribution < 1.29 is 14.6 Å². The summed E-state index contributed by atoms with van der Waals surface area (Å²) in [5, 5.41) is 12.0. The zero-order chi connectivity index (χ0) is 13.7. The van der Waals surface area contributed by atoms with E-state index in [1.54, 1.807) is 49.8 Å². The molecule has 6 nitrogen and oxygen atoms in total. The second-order valence-electron chi connectivity index (χ2n) is 3.76. The molecule has 0 fully saturated rings. The van der Waals surface area contributed by atoms with E-state index in [0.29, 0.717) is 11.3 Å². The van der Waals surface area contributed by atoms with Crippen molar-refractivity contribution in [3.8, 4) is 5.75 Å². The lowest BCUT2D eigenvalue weighted by Gasteiger charge is -2.14. The van der Waals surface area contributed by atoms with Gasteiger partial charge in [-0.05, 0) is 23.8 Å². The van der Waals surface area contributed by atoms with E-state index in [1.807, 2.05) is 0 Å². The fourth-order valence-electron chi connectivity index (χ4n) is 1.59. The number of aromatic nitrogens is 2. The van der Waals surface area contributed by atoms with Crippen LogP contribution in [0.4, 0.5) is 5.95 Å². The highest BCUT2D eigenvalue weighted by molar-refractivity contribution is 5.78. The van der Waals surface area contributed by atoms with Crippen molar-refractivity contribution in [2.45, 2.75) is 6.04 Å². The minimum atomic E-state index is -1.00. The van der Waals surface area contributed by atoms with E-state index in [0.717, 1.165) is 0 Å². The molecule has 1 heterocycles. The quantitative estimate of drug-likeness (QED) is 0.850. The highest BCUT2D eigenvalue weighted by atomic mass is 16.5. The summed E-state index contributed by atoms with van der Waals surface area (Å²) in [5.74, 6) is -0.0628. The first kappa shape index (κ1) is 12.8. The van der Waals surface area contributed by atoms with Gasteiger partial charge in [0.25, 0.3) is 0 Å². The molecule has 98 valence electrons. The van der Waals surface area contributed by atoms with Gasteiger partial charge in [0.15, 0.2) is 6.04 Å². The van der Waals surface area contributed by atoms with Crippen molar-refractivity contribution in [2.24, 2.45) is 0 Å². The second-order valence-corrected chi connectivity index (χ2v) is 3.76. The minimum Gasteiger partial charge on any atom is -0.497 e. The van der Waals surface area contributed by atoms with Crippen molar-refractivity contribution in [3.05, 3.63) is 48.3 Å². The van der Waals surface area contributed by atoms with Gasteiger partial charge < -0.3 is 15.2 Å². The van der Waals surface area contributed by atoms with Crippen molar-refractivity contribution in [1.82, 2.24) is 9.97 Å². The number of rotatable bonds is 5. The molecule has 19 heavy (non-hydrogen) atoms. The van der Waals surface area contributed by atoms with Crippen LogP contribution in [-0.2, 0) is 4.79 Å². The number of carbonyl (C=O) groups is 1. The lowest BCUT2D eigenvalue weighted by Crippen LogP contribution is -2.21. The second kappa shape index (κ2) is 5.81. The Labute approximate surface area is 110 Å². The highest BCUT2D eigenvalue weighted by Gasteiger charge is 2.20. The van der Waals surface area contributed by atoms with Crippen LogP contribution in [0.15, 0.2) is 42.7 Å². The molecule has 2 rings (SSSR count). The molecule has 0 bridgehead atoms. The largest absolute Gasteiger partial charge is 0.497 e. The van der Waals surface area contributed by atoms with E-state index < -0.39 is 12.0 Å². The third-order valence-electron chi connectivity index (χ3n) is 2.54. The molecule has 0 aliphatic rings. The van der Waals surface area contributed by atoms with Gasteiger partial charge in [0.2, 0.25) is 5.95 Å². The van der Waals surface area contributed by atoms with E-state index >= 15 is 0 Å². The maximum atomic E-state index is 11.3. The molecule has 1 unspecified atom stereocenters. The predicted molar refractivity (Wildman–Crippen MR) is 69.0 cm³/mol. The molecule has 1 aromatic carbocycles. The fraction of sp³-hybridized carbons (Fsp3) is 0.154. The summed E-state index contributed by atoms with van der Waals surface area (Å²) in [4.78, 5) is 19.2. The average Bonchev–Trinajstić information content (AvgIpc) is 2.46. The van der Waals surface area contributed by atoms with Crippen LogP contribution < -0.4 is 10.1 Å². The molecule has 0 aliphatic carbocycles. The molecule has 0 amide bonds. The molecular weight excluding hydrogens is 246 g/mol. The minimum absolute atomic E-state index is 0.269. The zero-order valence-corrected chi connectivity index (χ0v) is 10.3. The van der Waals surface area contributed by atoms with Gasteiger partial charge in [0.1, 0.15) is 5.75 Å². The number of nitrogens with one attached hydrogen (secondary N) is 1. The summed E-state index contributed by atoms with van der Waals surface area (Å²) in [6.07, 6.45) is 3.09. The summed E-state index contributed by atoms with van der Waals surface area (Å²) in [7, 11) is 1.56. The molecule has 0 radical (unpaired) electrons. The smallest absolute Gasteiger partial charge is 0.330 e. The molecule has 2 N–H and O–H groups in total. The maximum absolute atomic E-state index is 11.3. The van der Waals surface area contributed by atoms with Crippen LogP contribution in [0, 0.1) is 0 Å². The molecular formula is C13H13N3O3. The molecule has 0 saturated carbocycles. The highest BCUT2D eigenvalue weighted by Crippen LogP contribution is 2.20. The van der Waals surface area contributed by atoms with Crippen LogP contribution in [0.1, 0.15) is 11.6 Å². The Kier molecular flexibility index (Phi) is 3.92. The number of hydrogen-bond donors (Lipinski definition) is 2. The van der Waals surface area contributed by atoms with Gasteiger partial charge in [0.05, 0.1) is 7.11 Å². The first-order valence-corrected chi connectivity index (χ1v) is 5.61. The Hall–Kier alpha value is -2.63. The number of carboxylic acids is 1. The van der Waals surface area contributed by atoms with Gasteiger partial charge in [-0.3, -0.25) is 0 Å². The van der Waals surface area contributed by atoms with Gasteiger partial charge in [-0.2, -0.15) is 0 Å². The Bertz CT molecular complexity index is 543. The van der Waals surface area contributed by atoms with E-state index in [1.165, 1.54) is 0 Å². The van der Waals surface area contributed by atoms with Gasteiger partial charge in [-0.1, -0.05) is 12.1 Å². The number of anilines is 1. The lowest BCUT2D eigenvalue weighted by molar-refractivity contribution is -0.138. The van der Waals surface area contributed by atoms with Crippen LogP contribution in [-0.4, -0.2) is 28.2 Å². The van der Waals surface area contributed by atoms with E-state index in [9.17, 15) is 9.90 Å². The number of nitrogens with zero attached hydrogens (tertiary/aromatic N) is 2. The Morgan fingerprint density at radius 1 is 1.26 bits per heavy atom. The number of carboxylic acid groups (broad SMARTS) is 1. The summed E-state index contributed by atoms with van der Waals surface area (Å²) in [6.45, 7) is 0. The summed E-state index contributed by atoms with van der Waals surface area (Å²) in [5.41, 5.74) is 0.598. The normalized spacial score (nSPS) is 11.6. The predicted octanol–water partition coefficient (Wildman–Crippen LogP) is 1.72. The number of ether oxygens (including phenoxy) is 1. The Morgan fingerprint density at radius 2 is 1.89 bits per heavy atom. The van der Waals surface area contributed by atoms with Crippen molar-refractivity contribution in [1.29, 1.82) is 0 Å². The van der Waals surface area contributed by atoms with Crippen LogP contribution >= 0.6 is 0 Å². The zero-order valence-electron chi connectivity index (χ0n) is 10.3. The first-order valence-electron chi connectivity index (χ1n) is 5.61. The molecule has 0 aliphatic heterocycles. The molecule has 1 atom stereocenters. The maximum Gasteiger partial charge on any atom is 0.330 e. The summed E-state index contributed by atoms with van der Waals surface area (Å²) in [6, 6.07) is 7.54. The molecule has 2 aromatic rings. The van der Waals surface area contributed by atoms with Gasteiger partial charge in [-0.15, -0.1) is 0 Å². The van der Waals surface area contributed by atoms with Crippen LogP contribution in [0.2, 0.25) is 0 Å². The SMILES string of the molecule is COc1ccc(C(Nc2ncccn2)C(=O)O)cc1. The van der Waals surface area contributed by atoms with Gasteiger partial charge in [0, 0.05) is 12.4 Å². The fourth-order valence-corrected chi connectivity index (χ4v) is 1.59. The molecule has 6 heteroatoms. The summed E-state index contributed by atoms with van der Waals surface area (Å²) >= 11 is 0. The van der Waals surface area contributed by atoms with Crippen LogP contribution in [0.5, 0.6) is 5.75 Å². The number of aliphatic carboxylic acids is 1. The van der Waals surface area contributed by atoms with Crippen molar-refractivity contribution in [2.75, 3.05) is 12.4 Å². The van der Waals surface area contributed by atoms with Gasteiger partial charge >= 0.3 is 5.97 Å². The van der Waals surface area contributed by atoms with E-state index in [2.05, 4.69) is 15.3 Å². The monoisotopic (exact) mass is 259 g/mol. The number of benzene rings is 1. The van der Waals surface area contributed by atoms with Crippen molar-refractivity contribution in [3.63, 3.8) is 0 Å². The molecule has 1 aromatic heterocycles. The third kappa shape index (κ3) is 3.19. The van der Waals surface area contributed by atoms with E-state index in [4.69, 9.17) is 4.74 Å². The Morgan fingerprint density at radius 3 is 2.42 bits per heavy atom. The topological polar surface area (TPSA) is 84.3 Å². The number of hydrogen-bond acceptors (Lipinski definition) is 5. The summed E-state index contributed by atoms with van der Waals surface area (Å²) < 4.78 is 5.04. The molecule has 0 saturated heterocycles.